The molecule has 0 aliphatic heterocycles. The minimum atomic E-state index is 0.0461. The van der Waals surface area contributed by atoms with Crippen LogP contribution in [-0.2, 0) is 0 Å². The van der Waals surface area contributed by atoms with Crippen LogP contribution < -0.4 is 5.73 Å². The lowest BCUT2D eigenvalue weighted by Crippen LogP contribution is -2.21. The fourth-order valence-corrected chi connectivity index (χ4v) is 3.70. The molecule has 0 aromatic carbocycles. The third kappa shape index (κ3) is 2.79. The van der Waals surface area contributed by atoms with Crippen LogP contribution in [0.1, 0.15) is 17.1 Å². The summed E-state index contributed by atoms with van der Waals surface area (Å²) >= 11 is 9.14. The molecule has 0 spiro atoms. The number of H-pyrrole nitrogens is 1. The zero-order valence-electron chi connectivity index (χ0n) is 8.68. The third-order valence-electron chi connectivity index (χ3n) is 2.06. The number of aromatic nitrogens is 2. The van der Waals surface area contributed by atoms with Gasteiger partial charge in [0, 0.05) is 23.3 Å². The molecule has 2 aromatic rings. The van der Waals surface area contributed by atoms with Crippen LogP contribution in [-0.4, -0.2) is 16.0 Å². The van der Waals surface area contributed by atoms with Crippen LogP contribution in [0.4, 0.5) is 0 Å². The van der Waals surface area contributed by atoms with Gasteiger partial charge in [-0.1, -0.05) is 23.4 Å². The van der Waals surface area contributed by atoms with Crippen LogP contribution in [0.3, 0.4) is 0 Å². The molecule has 0 saturated carbocycles. The van der Waals surface area contributed by atoms with Gasteiger partial charge in [0.15, 0.2) is 5.16 Å². The van der Waals surface area contributed by atoms with Crippen LogP contribution in [0.2, 0.25) is 4.34 Å². The second-order valence-corrected chi connectivity index (χ2v) is 6.31. The van der Waals surface area contributed by atoms with Crippen molar-refractivity contribution < 1.29 is 0 Å². The highest BCUT2D eigenvalue weighted by Gasteiger charge is 2.20. The van der Waals surface area contributed by atoms with Gasteiger partial charge in [0.25, 0.3) is 0 Å². The van der Waals surface area contributed by atoms with E-state index < -0.39 is 0 Å². The van der Waals surface area contributed by atoms with Gasteiger partial charge in [-0.25, -0.2) is 4.98 Å². The Morgan fingerprint density at radius 2 is 2.38 bits per heavy atom. The van der Waals surface area contributed by atoms with Crippen molar-refractivity contribution in [3.05, 3.63) is 33.7 Å². The van der Waals surface area contributed by atoms with Crippen molar-refractivity contribution in [2.75, 3.05) is 0 Å². The predicted molar refractivity (Wildman–Crippen MR) is 70.2 cm³/mol. The van der Waals surface area contributed by atoms with Crippen molar-refractivity contribution in [3.8, 4) is 0 Å². The number of imidazole rings is 1. The topological polar surface area (TPSA) is 54.7 Å². The average molecular weight is 274 g/mol. The predicted octanol–water partition coefficient (Wildman–Crippen LogP) is 3.31. The molecule has 3 nitrogen and oxygen atoms in total. The Kier molecular flexibility index (Phi) is 3.91. The Hall–Kier alpha value is -0.490. The lowest BCUT2D eigenvalue weighted by atomic mass is 10.2. The van der Waals surface area contributed by atoms with Gasteiger partial charge in [-0.2, -0.15) is 0 Å². The number of hydrogen-bond acceptors (Lipinski definition) is 4. The van der Waals surface area contributed by atoms with Crippen molar-refractivity contribution in [1.82, 2.24) is 9.97 Å². The fourth-order valence-electron chi connectivity index (χ4n) is 1.34. The molecule has 0 fully saturated rings. The molecule has 3 N–H and O–H groups in total. The fraction of sp³-hybridized carbons (Fsp3) is 0.300. The van der Waals surface area contributed by atoms with Crippen LogP contribution in [0.25, 0.3) is 0 Å². The number of nitrogens with zero attached hydrogens (tertiary/aromatic N) is 1. The van der Waals surface area contributed by atoms with E-state index in [-0.39, 0.29) is 11.3 Å². The number of nitrogens with two attached hydrogens (primary N) is 1. The van der Waals surface area contributed by atoms with E-state index in [4.69, 9.17) is 17.3 Å². The number of aromatic amines is 1. The molecule has 2 atom stereocenters. The van der Waals surface area contributed by atoms with Crippen LogP contribution in [0.5, 0.6) is 0 Å². The monoisotopic (exact) mass is 273 g/mol. The second kappa shape index (κ2) is 5.23. The van der Waals surface area contributed by atoms with Gasteiger partial charge in [-0.3, -0.25) is 0 Å². The number of thiophene rings is 1. The van der Waals surface area contributed by atoms with E-state index in [0.717, 1.165) is 9.49 Å². The van der Waals surface area contributed by atoms with E-state index in [9.17, 15) is 0 Å². The highest BCUT2D eigenvalue weighted by molar-refractivity contribution is 7.99. The van der Waals surface area contributed by atoms with Gasteiger partial charge in [0.2, 0.25) is 0 Å². The number of rotatable bonds is 4. The summed E-state index contributed by atoms with van der Waals surface area (Å²) in [6.45, 7) is 1.99. The highest BCUT2D eigenvalue weighted by atomic mass is 35.5. The third-order valence-corrected chi connectivity index (χ3v) is 4.91. The molecule has 2 aromatic heterocycles. The minimum Gasteiger partial charge on any atom is -0.340 e. The van der Waals surface area contributed by atoms with Gasteiger partial charge in [0.05, 0.1) is 9.59 Å². The molecule has 0 radical (unpaired) electrons. The van der Waals surface area contributed by atoms with Gasteiger partial charge in [-0.15, -0.1) is 11.3 Å². The molecule has 0 aliphatic rings. The Balaban J connectivity index is 2.18. The first-order chi connectivity index (χ1) is 7.66. The summed E-state index contributed by atoms with van der Waals surface area (Å²) in [5, 5.41) is 1.07. The number of halogens is 1. The first-order valence-electron chi connectivity index (χ1n) is 4.83. The largest absolute Gasteiger partial charge is 0.340 e. The quantitative estimate of drug-likeness (QED) is 0.841. The SMILES string of the molecule is CC(N)C(Sc1ncc[nH]1)c1ccc(Cl)s1. The molecule has 0 aliphatic carbocycles. The smallest absolute Gasteiger partial charge is 0.165 e. The van der Waals surface area contributed by atoms with Gasteiger partial charge >= 0.3 is 0 Å². The molecular weight excluding hydrogens is 262 g/mol. The summed E-state index contributed by atoms with van der Waals surface area (Å²) in [4.78, 5) is 8.44. The van der Waals surface area contributed by atoms with Crippen LogP contribution in [0, 0.1) is 0 Å². The maximum atomic E-state index is 6.00. The number of thioether (sulfide) groups is 1. The molecule has 0 bridgehead atoms. The molecule has 2 rings (SSSR count). The summed E-state index contributed by atoms with van der Waals surface area (Å²) in [7, 11) is 0. The normalized spacial score (nSPS) is 14.9. The first kappa shape index (κ1) is 12.0. The second-order valence-electron chi connectivity index (χ2n) is 3.43. The van der Waals surface area contributed by atoms with E-state index >= 15 is 0 Å². The van der Waals surface area contributed by atoms with E-state index in [1.807, 2.05) is 25.3 Å². The molecule has 6 heteroatoms. The van der Waals surface area contributed by atoms with Crippen LogP contribution >= 0.6 is 34.7 Å². The lowest BCUT2D eigenvalue weighted by molar-refractivity contribution is 0.727. The standard InChI is InChI=1S/C10H12ClN3S2/c1-6(12)9(7-2-3-8(11)15-7)16-10-13-4-5-14-10/h2-6,9H,12H2,1H3,(H,13,14). The van der Waals surface area contributed by atoms with Crippen molar-refractivity contribution in [2.45, 2.75) is 23.4 Å². The Morgan fingerprint density at radius 3 is 2.88 bits per heavy atom. The Morgan fingerprint density at radius 1 is 1.56 bits per heavy atom. The van der Waals surface area contributed by atoms with E-state index in [2.05, 4.69) is 9.97 Å². The molecule has 0 amide bonds. The molecule has 2 heterocycles. The van der Waals surface area contributed by atoms with E-state index in [1.54, 1.807) is 29.3 Å². The maximum absolute atomic E-state index is 6.00. The molecule has 0 saturated heterocycles. The van der Waals surface area contributed by atoms with Crippen LogP contribution in [0.15, 0.2) is 29.7 Å². The van der Waals surface area contributed by atoms with Gasteiger partial charge < -0.3 is 10.7 Å². The lowest BCUT2D eigenvalue weighted by Gasteiger charge is -2.17. The zero-order valence-corrected chi connectivity index (χ0v) is 11.1. The summed E-state index contributed by atoms with van der Waals surface area (Å²) in [6.07, 6.45) is 3.55. The zero-order chi connectivity index (χ0) is 11.5. The van der Waals surface area contributed by atoms with Gasteiger partial charge in [-0.05, 0) is 19.1 Å². The molecule has 86 valence electrons. The summed E-state index contributed by atoms with van der Waals surface area (Å²) in [6, 6.07) is 3.97. The van der Waals surface area contributed by atoms with Crippen molar-refractivity contribution in [1.29, 1.82) is 0 Å². The van der Waals surface area contributed by atoms with Crippen molar-refractivity contribution in [2.24, 2.45) is 5.73 Å². The average Bonchev–Trinajstić information content (AvgIpc) is 2.84. The van der Waals surface area contributed by atoms with Gasteiger partial charge in [0.1, 0.15) is 0 Å². The summed E-state index contributed by atoms with van der Waals surface area (Å²) in [5.41, 5.74) is 6.00. The molecule has 2 unspecified atom stereocenters. The minimum absolute atomic E-state index is 0.0461. The van der Waals surface area contributed by atoms with E-state index in [1.165, 1.54) is 4.88 Å². The molecule has 16 heavy (non-hydrogen) atoms. The summed E-state index contributed by atoms with van der Waals surface area (Å²) < 4.78 is 0.792. The van der Waals surface area contributed by atoms with E-state index in [0.29, 0.717) is 0 Å². The molecular formula is C10H12ClN3S2. The highest BCUT2D eigenvalue weighted by Crippen LogP contribution is 2.39. The summed E-state index contributed by atoms with van der Waals surface area (Å²) in [5.74, 6) is 0. The Labute approximate surface area is 107 Å². The first-order valence-corrected chi connectivity index (χ1v) is 6.91. The van der Waals surface area contributed by atoms with Crippen molar-refractivity contribution >= 4 is 34.7 Å². The maximum Gasteiger partial charge on any atom is 0.165 e. The van der Waals surface area contributed by atoms with Crippen molar-refractivity contribution in [3.63, 3.8) is 0 Å². The number of nitrogens with one attached hydrogen (secondary N) is 1. The number of hydrogen-bond donors (Lipinski definition) is 2. The Bertz CT molecular complexity index is 439.